The van der Waals surface area contributed by atoms with Crippen LogP contribution in [0.4, 0.5) is 0 Å². The number of aryl methyl sites for hydroxylation is 1. The van der Waals surface area contributed by atoms with Crippen molar-refractivity contribution in [2.24, 2.45) is 0 Å². The van der Waals surface area contributed by atoms with E-state index >= 15 is 0 Å². The summed E-state index contributed by atoms with van der Waals surface area (Å²) in [6.45, 7) is 2.27. The third-order valence-electron chi connectivity index (χ3n) is 4.97. The monoisotopic (exact) mass is 466 g/mol. The molecule has 0 aliphatic carbocycles. The van der Waals surface area contributed by atoms with E-state index in [4.69, 9.17) is 37.4 Å². The highest BCUT2D eigenvalue weighted by atomic mass is 35.5. The molecule has 4 nitrogen and oxygen atoms in total. The van der Waals surface area contributed by atoms with Gasteiger partial charge < -0.3 is 14.2 Å². The summed E-state index contributed by atoms with van der Waals surface area (Å²) in [5, 5.41) is 1.10. The molecule has 0 saturated heterocycles. The van der Waals surface area contributed by atoms with E-state index < -0.39 is 5.97 Å². The van der Waals surface area contributed by atoms with Crippen LogP contribution >= 0.6 is 23.2 Å². The van der Waals surface area contributed by atoms with E-state index in [-0.39, 0.29) is 6.61 Å². The van der Waals surface area contributed by atoms with Crippen molar-refractivity contribution in [2.75, 3.05) is 7.11 Å². The van der Waals surface area contributed by atoms with Crippen molar-refractivity contribution < 1.29 is 19.0 Å². The Bertz CT molecular complexity index is 1230. The minimum Gasteiger partial charge on any atom is -0.493 e. The SMILES string of the molecule is COc1cc(/C=C2/C=C(c3ccc(C)cc3)OC2=O)ccc1OCc1ccc(Cl)cc1Cl. The second kappa shape index (κ2) is 9.51. The lowest BCUT2D eigenvalue weighted by Crippen LogP contribution is -1.99. The second-order valence-electron chi connectivity index (χ2n) is 7.30. The van der Waals surface area contributed by atoms with Gasteiger partial charge in [-0.1, -0.05) is 65.2 Å². The molecule has 0 fully saturated rings. The summed E-state index contributed by atoms with van der Waals surface area (Å²) in [5.74, 6) is 1.24. The highest BCUT2D eigenvalue weighted by molar-refractivity contribution is 6.35. The Hall–Kier alpha value is -3.21. The minimum absolute atomic E-state index is 0.266. The molecule has 3 aromatic rings. The van der Waals surface area contributed by atoms with E-state index in [9.17, 15) is 4.79 Å². The number of carbonyl (C=O) groups is 1. The third kappa shape index (κ3) is 4.98. The van der Waals surface area contributed by atoms with Crippen molar-refractivity contribution in [3.05, 3.63) is 105 Å². The number of esters is 1. The third-order valence-corrected chi connectivity index (χ3v) is 5.56. The zero-order chi connectivity index (χ0) is 22.7. The molecule has 6 heteroatoms. The fourth-order valence-electron chi connectivity index (χ4n) is 3.22. The van der Waals surface area contributed by atoms with Gasteiger partial charge in [0.1, 0.15) is 12.4 Å². The molecular weight excluding hydrogens is 447 g/mol. The Morgan fingerprint density at radius 2 is 1.75 bits per heavy atom. The number of benzene rings is 3. The van der Waals surface area contributed by atoms with Crippen LogP contribution in [0.2, 0.25) is 10.0 Å². The average Bonchev–Trinajstić information content (AvgIpc) is 3.14. The van der Waals surface area contributed by atoms with Crippen LogP contribution in [0.5, 0.6) is 11.5 Å². The number of rotatable bonds is 6. The predicted molar refractivity (Wildman–Crippen MR) is 127 cm³/mol. The van der Waals surface area contributed by atoms with Crippen LogP contribution in [0.15, 0.2) is 72.3 Å². The number of carbonyl (C=O) groups excluding carboxylic acids is 1. The molecule has 1 heterocycles. The Morgan fingerprint density at radius 1 is 0.969 bits per heavy atom. The maximum atomic E-state index is 12.3. The lowest BCUT2D eigenvalue weighted by Gasteiger charge is -2.12. The van der Waals surface area contributed by atoms with Gasteiger partial charge in [0, 0.05) is 21.2 Å². The van der Waals surface area contributed by atoms with Gasteiger partial charge in [-0.05, 0) is 48.9 Å². The molecule has 0 bridgehead atoms. The normalized spacial score (nSPS) is 14.3. The summed E-state index contributed by atoms with van der Waals surface area (Å²) in [5.41, 5.74) is 4.06. The van der Waals surface area contributed by atoms with E-state index in [1.807, 2.05) is 43.3 Å². The van der Waals surface area contributed by atoms with Gasteiger partial charge in [-0.3, -0.25) is 0 Å². The number of halogens is 2. The summed E-state index contributed by atoms with van der Waals surface area (Å²) < 4.78 is 16.8. The summed E-state index contributed by atoms with van der Waals surface area (Å²) in [7, 11) is 1.56. The smallest absolute Gasteiger partial charge is 0.343 e. The van der Waals surface area contributed by atoms with Crippen molar-refractivity contribution in [3.63, 3.8) is 0 Å². The van der Waals surface area contributed by atoms with Crippen LogP contribution in [-0.2, 0) is 16.1 Å². The predicted octanol–water partition coefficient (Wildman–Crippen LogP) is 6.87. The lowest BCUT2D eigenvalue weighted by molar-refractivity contribution is -0.130. The first kappa shape index (κ1) is 22.0. The molecule has 4 rings (SSSR count). The molecule has 0 atom stereocenters. The molecule has 162 valence electrons. The van der Waals surface area contributed by atoms with Crippen LogP contribution < -0.4 is 9.47 Å². The highest BCUT2D eigenvalue weighted by Crippen LogP contribution is 2.32. The molecule has 0 saturated carbocycles. The quantitative estimate of drug-likeness (QED) is 0.293. The number of hydrogen-bond donors (Lipinski definition) is 0. The number of methoxy groups -OCH3 is 1. The largest absolute Gasteiger partial charge is 0.493 e. The van der Waals surface area contributed by atoms with Gasteiger partial charge in [0.2, 0.25) is 0 Å². The summed E-state index contributed by atoms with van der Waals surface area (Å²) >= 11 is 12.2. The molecular formula is C26H20Cl2O4. The first-order valence-electron chi connectivity index (χ1n) is 9.90. The fraction of sp³-hybridized carbons (Fsp3) is 0.115. The van der Waals surface area contributed by atoms with Crippen molar-refractivity contribution in [2.45, 2.75) is 13.5 Å². The first-order chi connectivity index (χ1) is 15.4. The summed E-state index contributed by atoms with van der Waals surface area (Å²) in [6, 6.07) is 18.5. The van der Waals surface area contributed by atoms with E-state index in [0.717, 1.165) is 22.3 Å². The van der Waals surface area contributed by atoms with Crippen molar-refractivity contribution >= 4 is 41.0 Å². The van der Waals surface area contributed by atoms with Crippen LogP contribution in [-0.4, -0.2) is 13.1 Å². The molecule has 0 spiro atoms. The first-order valence-corrected chi connectivity index (χ1v) is 10.7. The van der Waals surface area contributed by atoms with Gasteiger partial charge in [0.05, 0.1) is 12.7 Å². The minimum atomic E-state index is -0.391. The van der Waals surface area contributed by atoms with E-state index in [2.05, 4.69) is 0 Å². The number of hydrogen-bond acceptors (Lipinski definition) is 4. The zero-order valence-corrected chi connectivity index (χ0v) is 19.0. The molecule has 1 aliphatic heterocycles. The Balaban J connectivity index is 1.53. The van der Waals surface area contributed by atoms with Gasteiger partial charge >= 0.3 is 5.97 Å². The summed E-state index contributed by atoms with van der Waals surface area (Å²) in [6.07, 6.45) is 3.50. The molecule has 32 heavy (non-hydrogen) atoms. The molecule has 1 aliphatic rings. The van der Waals surface area contributed by atoms with Gasteiger partial charge in [-0.2, -0.15) is 0 Å². The highest BCUT2D eigenvalue weighted by Gasteiger charge is 2.22. The van der Waals surface area contributed by atoms with E-state index in [1.54, 1.807) is 43.5 Å². The Kier molecular flexibility index (Phi) is 6.54. The maximum Gasteiger partial charge on any atom is 0.343 e. The zero-order valence-electron chi connectivity index (χ0n) is 17.5. The van der Waals surface area contributed by atoms with Crippen LogP contribution in [0.1, 0.15) is 22.3 Å². The molecule has 0 amide bonds. The van der Waals surface area contributed by atoms with E-state index in [1.165, 1.54) is 0 Å². The molecule has 0 aromatic heterocycles. The Labute approximate surface area is 196 Å². The summed E-state index contributed by atoms with van der Waals surface area (Å²) in [4.78, 5) is 12.3. The average molecular weight is 467 g/mol. The van der Waals surface area contributed by atoms with Crippen LogP contribution in [0.25, 0.3) is 11.8 Å². The van der Waals surface area contributed by atoms with Gasteiger partial charge in [-0.15, -0.1) is 0 Å². The van der Waals surface area contributed by atoms with Gasteiger partial charge in [0.25, 0.3) is 0 Å². The lowest BCUT2D eigenvalue weighted by atomic mass is 10.1. The van der Waals surface area contributed by atoms with Crippen LogP contribution in [0, 0.1) is 6.92 Å². The second-order valence-corrected chi connectivity index (χ2v) is 8.14. The van der Waals surface area contributed by atoms with Crippen molar-refractivity contribution in [1.29, 1.82) is 0 Å². The number of ether oxygens (including phenoxy) is 3. The maximum absolute atomic E-state index is 12.3. The fourth-order valence-corrected chi connectivity index (χ4v) is 3.68. The topological polar surface area (TPSA) is 44.8 Å². The van der Waals surface area contributed by atoms with Gasteiger partial charge in [0.15, 0.2) is 11.5 Å². The Morgan fingerprint density at radius 3 is 2.47 bits per heavy atom. The van der Waals surface area contributed by atoms with Crippen LogP contribution in [0.3, 0.4) is 0 Å². The molecule has 3 aromatic carbocycles. The van der Waals surface area contributed by atoms with Crippen molar-refractivity contribution in [1.82, 2.24) is 0 Å². The molecule has 0 radical (unpaired) electrons. The van der Waals surface area contributed by atoms with E-state index in [0.29, 0.717) is 32.9 Å². The van der Waals surface area contributed by atoms with Gasteiger partial charge in [-0.25, -0.2) is 4.79 Å². The van der Waals surface area contributed by atoms with Crippen molar-refractivity contribution in [3.8, 4) is 11.5 Å². The number of cyclic esters (lactones) is 1. The molecule has 0 N–H and O–H groups in total. The standard InChI is InChI=1S/C26H20Cl2O4/c1-16-3-6-18(7-4-16)24-13-20(26(29)32-24)11-17-5-10-23(25(12-17)30-2)31-15-19-8-9-21(27)14-22(19)28/h3-14H,15H2,1-2H3/b20-11-. The molecule has 0 unspecified atom stereocenters.